The predicted molar refractivity (Wildman–Crippen MR) is 111 cm³/mol. The lowest BCUT2D eigenvalue weighted by molar-refractivity contribution is -0.117. The lowest BCUT2D eigenvalue weighted by Crippen LogP contribution is -2.30. The molecule has 1 N–H and O–H groups in total. The number of benzene rings is 2. The van der Waals surface area contributed by atoms with Crippen LogP contribution in [0.2, 0.25) is 0 Å². The summed E-state index contributed by atoms with van der Waals surface area (Å²) in [5, 5.41) is 6.32. The zero-order valence-corrected chi connectivity index (χ0v) is 17.3. The minimum Gasteiger partial charge on any atom is -0.497 e. The molecule has 0 aliphatic carbocycles. The minimum atomic E-state index is -3.97. The van der Waals surface area contributed by atoms with Crippen LogP contribution >= 0.6 is 0 Å². The number of aryl methyl sites for hydroxylation is 1. The van der Waals surface area contributed by atoms with Gasteiger partial charge in [0.15, 0.2) is 5.03 Å². The average molecular weight is 427 g/mol. The molecule has 0 bridgehead atoms. The maximum atomic E-state index is 12.8. The van der Waals surface area contributed by atoms with Crippen LogP contribution in [0.1, 0.15) is 12.5 Å². The van der Waals surface area contributed by atoms with Crippen LogP contribution in [-0.2, 0) is 27.6 Å². The van der Waals surface area contributed by atoms with Gasteiger partial charge in [-0.05, 0) is 48.4 Å². The van der Waals surface area contributed by atoms with Crippen LogP contribution in [0.3, 0.4) is 0 Å². The summed E-state index contributed by atoms with van der Waals surface area (Å²) in [5.74, 6) is 0.0282. The van der Waals surface area contributed by atoms with Crippen molar-refractivity contribution in [1.29, 1.82) is 0 Å². The lowest BCUT2D eigenvalue weighted by Gasteiger charge is -2.11. The van der Waals surface area contributed by atoms with E-state index in [0.29, 0.717) is 11.4 Å². The number of aromatic nitrogens is 2. The number of para-hydroxylation sites is 1. The van der Waals surface area contributed by atoms with Gasteiger partial charge in [-0.3, -0.25) is 9.59 Å². The van der Waals surface area contributed by atoms with Gasteiger partial charge >= 0.3 is 0 Å². The molecule has 30 heavy (non-hydrogen) atoms. The number of nitrogens with zero attached hydrogens (tertiary/aromatic N) is 2. The van der Waals surface area contributed by atoms with E-state index in [-0.39, 0.29) is 9.92 Å². The van der Waals surface area contributed by atoms with Crippen molar-refractivity contribution in [2.24, 2.45) is 0 Å². The number of carbonyl (C=O) groups is 1. The first-order valence-corrected chi connectivity index (χ1v) is 10.7. The molecule has 9 heteroatoms. The van der Waals surface area contributed by atoms with Gasteiger partial charge in [-0.25, -0.2) is 13.1 Å². The highest BCUT2D eigenvalue weighted by molar-refractivity contribution is 7.91. The monoisotopic (exact) mass is 427 g/mol. The van der Waals surface area contributed by atoms with E-state index in [2.05, 4.69) is 10.4 Å². The second-order valence-corrected chi connectivity index (χ2v) is 8.30. The van der Waals surface area contributed by atoms with Gasteiger partial charge in [0.05, 0.1) is 12.0 Å². The standard InChI is InChI=1S/C21H21N3O5S/c1-3-15-6-4-5-7-18(15)22-19(25)14-24-21(26)13-12-20(23-24)30(27,28)17-10-8-16(29-2)9-11-17/h4-13H,3,14H2,1-2H3,(H,22,25). The molecule has 8 nitrogen and oxygen atoms in total. The van der Waals surface area contributed by atoms with E-state index in [9.17, 15) is 18.0 Å². The maximum absolute atomic E-state index is 12.8. The number of nitrogens with one attached hydrogen (secondary N) is 1. The molecular weight excluding hydrogens is 406 g/mol. The van der Waals surface area contributed by atoms with Crippen LogP contribution in [0.15, 0.2) is 75.4 Å². The van der Waals surface area contributed by atoms with Gasteiger partial charge in [0.2, 0.25) is 15.7 Å². The molecule has 156 valence electrons. The van der Waals surface area contributed by atoms with Gasteiger partial charge in [-0.2, -0.15) is 5.10 Å². The average Bonchev–Trinajstić information content (AvgIpc) is 2.75. The van der Waals surface area contributed by atoms with Gasteiger partial charge in [-0.15, -0.1) is 0 Å². The molecule has 2 aromatic carbocycles. The summed E-state index contributed by atoms with van der Waals surface area (Å²) in [5.41, 5.74) is 1.00. The van der Waals surface area contributed by atoms with E-state index in [1.807, 2.05) is 19.1 Å². The largest absolute Gasteiger partial charge is 0.497 e. The number of methoxy groups -OCH3 is 1. The Bertz CT molecular complexity index is 1220. The summed E-state index contributed by atoms with van der Waals surface area (Å²) in [6.45, 7) is 1.55. The van der Waals surface area contributed by atoms with Crippen molar-refractivity contribution >= 4 is 21.4 Å². The summed E-state index contributed by atoms with van der Waals surface area (Å²) in [7, 11) is -2.49. The smallest absolute Gasteiger partial charge is 0.267 e. The molecule has 0 fully saturated rings. The van der Waals surface area contributed by atoms with Crippen LogP contribution in [0.25, 0.3) is 0 Å². The summed E-state index contributed by atoms with van der Waals surface area (Å²) in [6, 6.07) is 15.3. The molecule has 1 amide bonds. The summed E-state index contributed by atoms with van der Waals surface area (Å²) >= 11 is 0. The molecule has 0 saturated heterocycles. The van der Waals surface area contributed by atoms with Crippen molar-refractivity contribution in [3.63, 3.8) is 0 Å². The maximum Gasteiger partial charge on any atom is 0.267 e. The highest BCUT2D eigenvalue weighted by Gasteiger charge is 2.21. The Hall–Kier alpha value is -3.46. The molecule has 0 aliphatic heterocycles. The number of carbonyl (C=O) groups excluding carboxylic acids is 1. The first-order chi connectivity index (χ1) is 14.3. The van der Waals surface area contributed by atoms with Crippen LogP contribution in [-0.4, -0.2) is 31.2 Å². The molecular formula is C21H21N3O5S. The van der Waals surface area contributed by atoms with Gasteiger partial charge < -0.3 is 10.1 Å². The highest BCUT2D eigenvalue weighted by atomic mass is 32.2. The van der Waals surface area contributed by atoms with E-state index in [0.717, 1.165) is 28.8 Å². The number of rotatable bonds is 7. The number of anilines is 1. The zero-order chi connectivity index (χ0) is 21.7. The lowest BCUT2D eigenvalue weighted by atomic mass is 10.1. The fourth-order valence-corrected chi connectivity index (χ4v) is 4.03. The highest BCUT2D eigenvalue weighted by Crippen LogP contribution is 2.21. The molecule has 0 spiro atoms. The van der Waals surface area contributed by atoms with Crippen molar-refractivity contribution in [3.05, 3.63) is 76.6 Å². The Kier molecular flexibility index (Phi) is 6.31. The zero-order valence-electron chi connectivity index (χ0n) is 16.5. The molecule has 3 aromatic rings. The van der Waals surface area contributed by atoms with E-state index >= 15 is 0 Å². The Morgan fingerprint density at radius 3 is 2.43 bits per heavy atom. The molecule has 0 saturated carbocycles. The Morgan fingerprint density at radius 1 is 1.07 bits per heavy atom. The minimum absolute atomic E-state index is 0.00215. The Labute approximate surface area is 174 Å². The SMILES string of the molecule is CCc1ccccc1NC(=O)Cn1nc(S(=O)(=O)c2ccc(OC)cc2)ccc1=O. The summed E-state index contributed by atoms with van der Waals surface area (Å²) in [4.78, 5) is 24.6. The Morgan fingerprint density at radius 2 is 1.77 bits per heavy atom. The number of ether oxygens (including phenoxy) is 1. The van der Waals surface area contributed by atoms with Crippen LogP contribution in [0.4, 0.5) is 5.69 Å². The molecule has 1 aromatic heterocycles. The van der Waals surface area contributed by atoms with Crippen LogP contribution < -0.4 is 15.6 Å². The first-order valence-electron chi connectivity index (χ1n) is 9.20. The van der Waals surface area contributed by atoms with E-state index in [4.69, 9.17) is 4.74 Å². The Balaban J connectivity index is 1.86. The van der Waals surface area contributed by atoms with Crippen molar-refractivity contribution in [2.75, 3.05) is 12.4 Å². The topological polar surface area (TPSA) is 107 Å². The summed E-state index contributed by atoms with van der Waals surface area (Å²) in [6.07, 6.45) is 0.726. The molecule has 1 heterocycles. The first kappa shape index (κ1) is 21.3. The third-order valence-corrected chi connectivity index (χ3v) is 6.11. The summed E-state index contributed by atoms with van der Waals surface area (Å²) < 4.78 is 31.5. The quantitative estimate of drug-likeness (QED) is 0.620. The molecule has 0 radical (unpaired) electrons. The second-order valence-electron chi connectivity index (χ2n) is 6.41. The predicted octanol–water partition coefficient (Wildman–Crippen LogP) is 2.29. The van der Waals surface area contributed by atoms with E-state index < -0.39 is 27.8 Å². The van der Waals surface area contributed by atoms with Crippen LogP contribution in [0.5, 0.6) is 5.75 Å². The third kappa shape index (κ3) is 4.57. The van der Waals surface area contributed by atoms with Crippen molar-refractivity contribution in [1.82, 2.24) is 9.78 Å². The number of sulfone groups is 1. The number of amides is 1. The van der Waals surface area contributed by atoms with Gasteiger partial charge in [-0.1, -0.05) is 25.1 Å². The van der Waals surface area contributed by atoms with E-state index in [1.54, 1.807) is 12.1 Å². The number of hydrogen-bond donors (Lipinski definition) is 1. The second kappa shape index (κ2) is 8.91. The fourth-order valence-electron chi connectivity index (χ4n) is 2.84. The fraction of sp³-hybridized carbons (Fsp3) is 0.190. The van der Waals surface area contributed by atoms with Gasteiger partial charge in [0.25, 0.3) is 5.56 Å². The van der Waals surface area contributed by atoms with Crippen molar-refractivity contribution in [3.8, 4) is 5.75 Å². The van der Waals surface area contributed by atoms with Crippen molar-refractivity contribution in [2.45, 2.75) is 29.8 Å². The van der Waals surface area contributed by atoms with Gasteiger partial charge in [0.1, 0.15) is 12.3 Å². The molecule has 0 aliphatic rings. The normalized spacial score (nSPS) is 11.1. The van der Waals surface area contributed by atoms with Crippen molar-refractivity contribution < 1.29 is 17.9 Å². The third-order valence-electron chi connectivity index (χ3n) is 4.45. The molecule has 0 atom stereocenters. The number of hydrogen-bond acceptors (Lipinski definition) is 6. The van der Waals surface area contributed by atoms with Crippen LogP contribution in [0, 0.1) is 0 Å². The molecule has 3 rings (SSSR count). The molecule has 0 unspecified atom stereocenters. The van der Waals surface area contributed by atoms with E-state index in [1.165, 1.54) is 31.4 Å². The van der Waals surface area contributed by atoms with Gasteiger partial charge in [0, 0.05) is 11.8 Å².